The molecule has 1 heterocycles. The van der Waals surface area contributed by atoms with Gasteiger partial charge in [0, 0.05) is 17.8 Å². The van der Waals surface area contributed by atoms with Crippen LogP contribution in [-0.2, 0) is 6.54 Å². The molecule has 0 amide bonds. The molecule has 2 aromatic rings. The van der Waals surface area contributed by atoms with Gasteiger partial charge in [0.05, 0.1) is 5.56 Å². The van der Waals surface area contributed by atoms with E-state index in [1.54, 1.807) is 6.92 Å². The van der Waals surface area contributed by atoms with Crippen molar-refractivity contribution in [2.75, 3.05) is 0 Å². The van der Waals surface area contributed by atoms with E-state index < -0.39 is 0 Å². The van der Waals surface area contributed by atoms with Gasteiger partial charge < -0.3 is 10.7 Å². The lowest BCUT2D eigenvalue weighted by Gasteiger charge is -2.05. The predicted octanol–water partition coefficient (Wildman–Crippen LogP) is 1.20. The summed E-state index contributed by atoms with van der Waals surface area (Å²) >= 11 is 0. The van der Waals surface area contributed by atoms with Crippen LogP contribution >= 0.6 is 0 Å². The number of aromatic amines is 1. The molecule has 4 heteroatoms. The van der Waals surface area contributed by atoms with Gasteiger partial charge in [-0.15, -0.1) is 0 Å². The number of nitrogens with two attached hydrogens (primary N) is 1. The van der Waals surface area contributed by atoms with Gasteiger partial charge in [-0.25, -0.2) is 4.98 Å². The lowest BCUT2D eigenvalue weighted by Crippen LogP contribution is -2.20. The molecule has 2 rings (SSSR count). The molecule has 0 aliphatic heterocycles. The summed E-state index contributed by atoms with van der Waals surface area (Å²) in [6.07, 6.45) is 0. The molecule has 1 aromatic carbocycles. The van der Waals surface area contributed by atoms with Gasteiger partial charge in [0.25, 0.3) is 5.56 Å². The van der Waals surface area contributed by atoms with Gasteiger partial charge in [-0.3, -0.25) is 4.79 Å². The van der Waals surface area contributed by atoms with Crippen LogP contribution < -0.4 is 11.3 Å². The van der Waals surface area contributed by atoms with Crippen molar-refractivity contribution in [3.05, 3.63) is 51.9 Å². The number of aryl methyl sites for hydroxylation is 1. The Bertz CT molecular complexity index is 546. The topological polar surface area (TPSA) is 71.8 Å². The summed E-state index contributed by atoms with van der Waals surface area (Å²) in [7, 11) is 0. The van der Waals surface area contributed by atoms with Crippen LogP contribution in [-0.4, -0.2) is 9.97 Å². The highest BCUT2D eigenvalue weighted by atomic mass is 16.1. The monoisotopic (exact) mass is 215 g/mol. The fourth-order valence-electron chi connectivity index (χ4n) is 1.58. The van der Waals surface area contributed by atoms with E-state index in [1.165, 1.54) is 0 Å². The molecule has 0 bridgehead atoms. The lowest BCUT2D eigenvalue weighted by atomic mass is 10.2. The highest BCUT2D eigenvalue weighted by Crippen LogP contribution is 2.13. The van der Waals surface area contributed by atoms with Crippen molar-refractivity contribution < 1.29 is 0 Å². The second kappa shape index (κ2) is 4.28. The fourth-order valence-corrected chi connectivity index (χ4v) is 1.58. The highest BCUT2D eigenvalue weighted by Gasteiger charge is 2.07. The average Bonchev–Trinajstić information content (AvgIpc) is 2.30. The normalized spacial score (nSPS) is 10.4. The maximum atomic E-state index is 11.7. The van der Waals surface area contributed by atoms with Crippen LogP contribution in [0.1, 0.15) is 11.3 Å². The molecule has 4 nitrogen and oxygen atoms in total. The Hall–Kier alpha value is -1.94. The summed E-state index contributed by atoms with van der Waals surface area (Å²) in [6.45, 7) is 2.01. The number of aromatic nitrogens is 2. The number of nitrogens with one attached hydrogen (secondary N) is 1. The number of nitrogens with zero attached hydrogens (tertiary/aromatic N) is 1. The summed E-state index contributed by atoms with van der Waals surface area (Å²) in [4.78, 5) is 18.8. The van der Waals surface area contributed by atoms with Crippen LogP contribution in [0.5, 0.6) is 0 Å². The van der Waals surface area contributed by atoms with E-state index in [2.05, 4.69) is 9.97 Å². The van der Waals surface area contributed by atoms with E-state index >= 15 is 0 Å². The molecule has 0 unspecified atom stereocenters. The zero-order valence-electron chi connectivity index (χ0n) is 9.03. The predicted molar refractivity (Wildman–Crippen MR) is 62.9 cm³/mol. The molecular weight excluding hydrogens is 202 g/mol. The van der Waals surface area contributed by atoms with Gasteiger partial charge in [0.15, 0.2) is 0 Å². The minimum atomic E-state index is -0.158. The minimum absolute atomic E-state index is 0.158. The van der Waals surface area contributed by atoms with Gasteiger partial charge in [-0.2, -0.15) is 0 Å². The van der Waals surface area contributed by atoms with Crippen LogP contribution in [0.15, 0.2) is 35.1 Å². The number of hydrogen-bond donors (Lipinski definition) is 2. The van der Waals surface area contributed by atoms with E-state index in [4.69, 9.17) is 5.73 Å². The molecule has 0 radical (unpaired) electrons. The third kappa shape index (κ3) is 1.87. The van der Waals surface area contributed by atoms with Crippen LogP contribution in [0.2, 0.25) is 0 Å². The maximum Gasteiger partial charge on any atom is 0.255 e. The lowest BCUT2D eigenvalue weighted by molar-refractivity contribution is 0.943. The average molecular weight is 215 g/mol. The summed E-state index contributed by atoms with van der Waals surface area (Å²) < 4.78 is 0. The van der Waals surface area contributed by atoms with Crippen molar-refractivity contribution in [1.82, 2.24) is 9.97 Å². The number of hydrogen-bond acceptors (Lipinski definition) is 3. The Balaban J connectivity index is 2.57. The summed E-state index contributed by atoms with van der Waals surface area (Å²) in [5.74, 6) is 0.584. The molecule has 0 aliphatic carbocycles. The Kier molecular flexibility index (Phi) is 2.83. The first-order valence-corrected chi connectivity index (χ1v) is 5.07. The molecule has 0 spiro atoms. The first kappa shape index (κ1) is 10.6. The second-order valence-corrected chi connectivity index (χ2v) is 3.55. The summed E-state index contributed by atoms with van der Waals surface area (Å²) in [6, 6.07) is 9.53. The molecular formula is C12H13N3O. The first-order chi connectivity index (χ1) is 7.72. The molecule has 0 saturated carbocycles. The molecule has 0 fully saturated rings. The molecule has 3 N–H and O–H groups in total. The Labute approximate surface area is 93.2 Å². The highest BCUT2D eigenvalue weighted by molar-refractivity contribution is 5.54. The fraction of sp³-hybridized carbons (Fsp3) is 0.167. The van der Waals surface area contributed by atoms with Crippen molar-refractivity contribution in [2.24, 2.45) is 5.73 Å². The van der Waals surface area contributed by atoms with Crippen LogP contribution in [0.4, 0.5) is 0 Å². The molecule has 0 atom stereocenters. The van der Waals surface area contributed by atoms with Crippen molar-refractivity contribution >= 4 is 0 Å². The Morgan fingerprint density at radius 2 is 2.00 bits per heavy atom. The molecule has 0 aliphatic rings. The zero-order chi connectivity index (χ0) is 11.5. The van der Waals surface area contributed by atoms with Crippen molar-refractivity contribution in [3.8, 4) is 11.4 Å². The molecule has 1 aromatic heterocycles. The van der Waals surface area contributed by atoms with Crippen LogP contribution in [0, 0.1) is 6.92 Å². The number of rotatable bonds is 2. The zero-order valence-corrected chi connectivity index (χ0v) is 9.03. The van der Waals surface area contributed by atoms with Crippen molar-refractivity contribution in [3.63, 3.8) is 0 Å². The molecule has 16 heavy (non-hydrogen) atoms. The minimum Gasteiger partial charge on any atom is -0.326 e. The maximum absolute atomic E-state index is 11.7. The van der Waals surface area contributed by atoms with Gasteiger partial charge in [-0.05, 0) is 6.92 Å². The van der Waals surface area contributed by atoms with E-state index in [0.29, 0.717) is 17.1 Å². The van der Waals surface area contributed by atoms with Gasteiger partial charge in [0.2, 0.25) is 0 Å². The SMILES string of the molecule is Cc1nc(-c2ccccc2)[nH]c(=O)c1CN. The number of H-pyrrole nitrogens is 1. The van der Waals surface area contributed by atoms with Gasteiger partial charge >= 0.3 is 0 Å². The van der Waals surface area contributed by atoms with Gasteiger partial charge in [-0.1, -0.05) is 30.3 Å². The smallest absolute Gasteiger partial charge is 0.255 e. The third-order valence-electron chi connectivity index (χ3n) is 2.47. The first-order valence-electron chi connectivity index (χ1n) is 5.07. The Morgan fingerprint density at radius 3 is 2.56 bits per heavy atom. The third-order valence-corrected chi connectivity index (χ3v) is 2.47. The van der Waals surface area contributed by atoms with Crippen molar-refractivity contribution in [2.45, 2.75) is 13.5 Å². The quantitative estimate of drug-likeness (QED) is 0.790. The standard InChI is InChI=1S/C12H13N3O/c1-8-10(7-13)12(16)15-11(14-8)9-5-3-2-4-6-9/h2-6H,7,13H2,1H3,(H,14,15,16). The molecule has 82 valence electrons. The van der Waals surface area contributed by atoms with E-state index in [9.17, 15) is 4.79 Å². The second-order valence-electron chi connectivity index (χ2n) is 3.55. The van der Waals surface area contributed by atoms with Crippen LogP contribution in [0.25, 0.3) is 11.4 Å². The number of benzene rings is 1. The molecule has 0 saturated heterocycles. The Morgan fingerprint density at radius 1 is 1.31 bits per heavy atom. The summed E-state index contributed by atoms with van der Waals surface area (Å²) in [5.41, 5.74) is 7.44. The summed E-state index contributed by atoms with van der Waals surface area (Å²) in [5, 5.41) is 0. The largest absolute Gasteiger partial charge is 0.326 e. The van der Waals surface area contributed by atoms with E-state index in [1.807, 2.05) is 30.3 Å². The van der Waals surface area contributed by atoms with Crippen molar-refractivity contribution in [1.29, 1.82) is 0 Å². The van der Waals surface area contributed by atoms with Gasteiger partial charge in [0.1, 0.15) is 5.82 Å². The van der Waals surface area contributed by atoms with E-state index in [0.717, 1.165) is 5.56 Å². The van der Waals surface area contributed by atoms with E-state index in [-0.39, 0.29) is 12.1 Å². The van der Waals surface area contributed by atoms with Crippen LogP contribution in [0.3, 0.4) is 0 Å².